The van der Waals surface area contributed by atoms with Gasteiger partial charge >= 0.3 is 0 Å². The Morgan fingerprint density at radius 3 is 2.87 bits per heavy atom. The minimum atomic E-state index is 0.583. The molecule has 76 valence electrons. The van der Waals surface area contributed by atoms with Crippen LogP contribution in [0.25, 0.3) is 5.69 Å². The second kappa shape index (κ2) is 3.96. The summed E-state index contributed by atoms with van der Waals surface area (Å²) in [6, 6.07) is 7.70. The zero-order valence-electron chi connectivity index (χ0n) is 8.33. The summed E-state index contributed by atoms with van der Waals surface area (Å²) in [4.78, 5) is 3.99. The molecule has 15 heavy (non-hydrogen) atoms. The van der Waals surface area contributed by atoms with Gasteiger partial charge in [0.25, 0.3) is 0 Å². The minimum absolute atomic E-state index is 0.583. The SMILES string of the molecule is CC(=NO)c1ccccc1-n1ccnc1. The summed E-state index contributed by atoms with van der Waals surface area (Å²) in [5.74, 6) is 0. The summed E-state index contributed by atoms with van der Waals surface area (Å²) in [7, 11) is 0. The van der Waals surface area contributed by atoms with E-state index in [9.17, 15) is 0 Å². The summed E-state index contributed by atoms with van der Waals surface area (Å²) >= 11 is 0. The van der Waals surface area contributed by atoms with E-state index in [1.807, 2.05) is 35.0 Å². The smallest absolute Gasteiger partial charge is 0.0991 e. The van der Waals surface area contributed by atoms with Gasteiger partial charge in [-0.1, -0.05) is 23.4 Å². The number of oxime groups is 1. The number of para-hydroxylation sites is 1. The Labute approximate surface area is 87.5 Å². The molecular weight excluding hydrogens is 190 g/mol. The van der Waals surface area contributed by atoms with Crippen molar-refractivity contribution < 1.29 is 5.21 Å². The molecule has 1 N–H and O–H groups in total. The Hall–Kier alpha value is -2.10. The van der Waals surface area contributed by atoms with Gasteiger partial charge in [-0.05, 0) is 13.0 Å². The molecular formula is C11H11N3O. The van der Waals surface area contributed by atoms with Crippen LogP contribution in [0.1, 0.15) is 12.5 Å². The van der Waals surface area contributed by atoms with Crippen molar-refractivity contribution in [3.05, 3.63) is 48.5 Å². The average molecular weight is 201 g/mol. The largest absolute Gasteiger partial charge is 0.411 e. The standard InChI is InChI=1S/C11H11N3O/c1-9(13-15)10-4-2-3-5-11(10)14-7-6-12-8-14/h2-8,15H,1H3. The molecule has 0 spiro atoms. The van der Waals surface area contributed by atoms with Crippen LogP contribution in [-0.4, -0.2) is 20.5 Å². The van der Waals surface area contributed by atoms with Gasteiger partial charge in [-0.15, -0.1) is 0 Å². The van der Waals surface area contributed by atoms with Crippen LogP contribution < -0.4 is 0 Å². The Balaban J connectivity index is 2.57. The molecule has 0 radical (unpaired) electrons. The van der Waals surface area contributed by atoms with Crippen LogP contribution >= 0.6 is 0 Å². The fraction of sp³-hybridized carbons (Fsp3) is 0.0909. The summed E-state index contributed by atoms with van der Waals surface area (Å²) in [5, 5.41) is 12.0. The van der Waals surface area contributed by atoms with Gasteiger partial charge in [-0.3, -0.25) is 0 Å². The fourth-order valence-corrected chi connectivity index (χ4v) is 1.46. The molecule has 0 unspecified atom stereocenters. The van der Waals surface area contributed by atoms with E-state index in [1.54, 1.807) is 19.4 Å². The monoisotopic (exact) mass is 201 g/mol. The maximum atomic E-state index is 8.77. The van der Waals surface area contributed by atoms with Gasteiger partial charge in [-0.2, -0.15) is 0 Å². The van der Waals surface area contributed by atoms with Gasteiger partial charge in [0.05, 0.1) is 17.7 Å². The van der Waals surface area contributed by atoms with Crippen molar-refractivity contribution in [3.8, 4) is 5.69 Å². The molecule has 0 saturated carbocycles. The highest BCUT2D eigenvalue weighted by atomic mass is 16.4. The van der Waals surface area contributed by atoms with Gasteiger partial charge in [0.2, 0.25) is 0 Å². The number of hydrogen-bond donors (Lipinski definition) is 1. The summed E-state index contributed by atoms with van der Waals surface area (Å²) in [6.07, 6.45) is 5.27. The number of aromatic nitrogens is 2. The highest BCUT2D eigenvalue weighted by Gasteiger charge is 2.05. The summed E-state index contributed by atoms with van der Waals surface area (Å²) in [6.45, 7) is 1.76. The molecule has 0 saturated heterocycles. The van der Waals surface area contributed by atoms with E-state index in [-0.39, 0.29) is 0 Å². The normalized spacial score (nSPS) is 11.7. The van der Waals surface area contributed by atoms with Crippen molar-refractivity contribution in [1.29, 1.82) is 0 Å². The topological polar surface area (TPSA) is 50.4 Å². The first kappa shape index (κ1) is 9.45. The van der Waals surface area contributed by atoms with Crippen molar-refractivity contribution in [1.82, 2.24) is 9.55 Å². The van der Waals surface area contributed by atoms with E-state index >= 15 is 0 Å². The van der Waals surface area contributed by atoms with Crippen LogP contribution in [0.15, 0.2) is 48.1 Å². The van der Waals surface area contributed by atoms with Crippen LogP contribution in [-0.2, 0) is 0 Å². The van der Waals surface area contributed by atoms with Gasteiger partial charge in [0.15, 0.2) is 0 Å². The number of hydrogen-bond acceptors (Lipinski definition) is 3. The van der Waals surface area contributed by atoms with Crippen LogP contribution in [0.2, 0.25) is 0 Å². The lowest BCUT2D eigenvalue weighted by molar-refractivity contribution is 0.319. The Kier molecular flexibility index (Phi) is 2.49. The van der Waals surface area contributed by atoms with E-state index in [2.05, 4.69) is 10.1 Å². The Bertz CT molecular complexity index is 474. The number of benzene rings is 1. The van der Waals surface area contributed by atoms with Gasteiger partial charge in [-0.25, -0.2) is 4.98 Å². The van der Waals surface area contributed by atoms with Crippen molar-refractivity contribution in [2.45, 2.75) is 6.92 Å². The third-order valence-electron chi connectivity index (χ3n) is 2.23. The fourth-order valence-electron chi connectivity index (χ4n) is 1.46. The van der Waals surface area contributed by atoms with Crippen molar-refractivity contribution in [3.63, 3.8) is 0 Å². The highest BCUT2D eigenvalue weighted by molar-refractivity contribution is 6.01. The molecule has 1 heterocycles. The highest BCUT2D eigenvalue weighted by Crippen LogP contribution is 2.14. The Morgan fingerprint density at radius 2 is 2.20 bits per heavy atom. The van der Waals surface area contributed by atoms with E-state index in [0.29, 0.717) is 5.71 Å². The number of rotatable bonds is 2. The molecule has 1 aromatic carbocycles. The van der Waals surface area contributed by atoms with Crippen LogP contribution in [0.3, 0.4) is 0 Å². The van der Waals surface area contributed by atoms with Gasteiger partial charge < -0.3 is 9.77 Å². The molecule has 0 amide bonds. The van der Waals surface area contributed by atoms with Crippen LogP contribution in [0.4, 0.5) is 0 Å². The maximum absolute atomic E-state index is 8.77. The summed E-state index contributed by atoms with van der Waals surface area (Å²) < 4.78 is 1.88. The summed E-state index contributed by atoms with van der Waals surface area (Å²) in [5.41, 5.74) is 2.42. The molecule has 0 aliphatic rings. The predicted octanol–water partition coefficient (Wildman–Crippen LogP) is 2.07. The number of imidazole rings is 1. The molecule has 4 nitrogen and oxygen atoms in total. The molecule has 1 aromatic heterocycles. The third-order valence-corrected chi connectivity index (χ3v) is 2.23. The number of nitrogens with zero attached hydrogens (tertiary/aromatic N) is 3. The second-order valence-electron chi connectivity index (χ2n) is 3.17. The molecule has 0 bridgehead atoms. The minimum Gasteiger partial charge on any atom is -0.411 e. The quantitative estimate of drug-likeness (QED) is 0.459. The lowest BCUT2D eigenvalue weighted by Crippen LogP contribution is -2.02. The van der Waals surface area contributed by atoms with Crippen LogP contribution in [0, 0.1) is 0 Å². The maximum Gasteiger partial charge on any atom is 0.0991 e. The van der Waals surface area contributed by atoms with Gasteiger partial charge in [0, 0.05) is 18.0 Å². The average Bonchev–Trinajstić information content (AvgIpc) is 2.81. The first-order valence-corrected chi connectivity index (χ1v) is 4.59. The molecule has 2 rings (SSSR count). The van der Waals surface area contributed by atoms with Gasteiger partial charge in [0.1, 0.15) is 0 Å². The molecule has 0 aliphatic carbocycles. The van der Waals surface area contributed by atoms with E-state index in [1.165, 1.54) is 0 Å². The van der Waals surface area contributed by atoms with E-state index in [4.69, 9.17) is 5.21 Å². The third kappa shape index (κ3) is 1.74. The molecule has 0 atom stereocenters. The zero-order valence-corrected chi connectivity index (χ0v) is 8.33. The zero-order chi connectivity index (χ0) is 10.7. The molecule has 4 heteroatoms. The lowest BCUT2D eigenvalue weighted by atomic mass is 10.1. The van der Waals surface area contributed by atoms with Crippen molar-refractivity contribution in [2.24, 2.45) is 5.16 Å². The molecule has 0 fully saturated rings. The van der Waals surface area contributed by atoms with Crippen molar-refractivity contribution >= 4 is 5.71 Å². The predicted molar refractivity (Wildman–Crippen MR) is 57.6 cm³/mol. The van der Waals surface area contributed by atoms with Crippen molar-refractivity contribution in [2.75, 3.05) is 0 Å². The van der Waals surface area contributed by atoms with E-state index in [0.717, 1.165) is 11.3 Å². The molecule has 2 aromatic rings. The first-order valence-electron chi connectivity index (χ1n) is 4.59. The van der Waals surface area contributed by atoms with E-state index < -0.39 is 0 Å². The second-order valence-corrected chi connectivity index (χ2v) is 3.17. The Morgan fingerprint density at radius 1 is 1.40 bits per heavy atom. The van der Waals surface area contributed by atoms with Crippen LogP contribution in [0.5, 0.6) is 0 Å². The first-order chi connectivity index (χ1) is 7.33. The lowest BCUT2D eigenvalue weighted by Gasteiger charge is -2.08. The molecule has 0 aliphatic heterocycles.